The molecular formula is C30H43ClFN5O4S. The number of benzene rings is 1. The molecule has 3 aliphatic heterocycles. The van der Waals surface area contributed by atoms with E-state index in [9.17, 15) is 13.9 Å². The lowest BCUT2D eigenvalue weighted by atomic mass is 9.74. The van der Waals surface area contributed by atoms with Gasteiger partial charge in [-0.2, -0.15) is 0 Å². The summed E-state index contributed by atoms with van der Waals surface area (Å²) >= 11 is 6.16. The molecule has 5 rings (SSSR count). The molecule has 2 aromatic rings. The van der Waals surface area contributed by atoms with Crippen LogP contribution in [0.3, 0.4) is 0 Å². The minimum absolute atomic E-state index is 0.0370. The van der Waals surface area contributed by atoms with Gasteiger partial charge >= 0.3 is 0 Å². The third kappa shape index (κ3) is 7.27. The summed E-state index contributed by atoms with van der Waals surface area (Å²) in [5.41, 5.74) is 8.24. The minimum atomic E-state index is -2.87. The van der Waals surface area contributed by atoms with Crippen molar-refractivity contribution >= 4 is 34.0 Å². The standard InChI is InChI=1S/C30H43ClFN5O4S/c1-18-12-21(13-19(2)41-18)28(20-5-7-22(31)8-6-20)29(33)30(38)36-27-16-34-15-26(32)25(27)10-9-24-14-35-23-4-3-11-42(39,40)37(24)17-23/h5-8,15-16,18-19,21,23-24,28-29,35,39-40H,3-4,9-14,17,33H2,1-2H3,(H,36,38)/t18-,19+,21?,23-,24+,28+,29+/m1/s1. The molecule has 1 amide bonds. The zero-order chi connectivity index (χ0) is 30.0. The highest BCUT2D eigenvalue weighted by atomic mass is 35.5. The normalized spacial score (nSPS) is 31.4. The fourth-order valence-corrected chi connectivity index (χ4v) is 8.99. The summed E-state index contributed by atoms with van der Waals surface area (Å²) in [6.45, 7) is 5.21. The maximum absolute atomic E-state index is 15.2. The molecule has 8 atom stereocenters. The summed E-state index contributed by atoms with van der Waals surface area (Å²) < 4.78 is 44.5. The Morgan fingerprint density at radius 3 is 2.69 bits per heavy atom. The Balaban J connectivity index is 1.33. The van der Waals surface area contributed by atoms with E-state index in [0.29, 0.717) is 35.8 Å². The summed E-state index contributed by atoms with van der Waals surface area (Å²) in [7, 11) is -2.87. The molecule has 1 aromatic carbocycles. The number of nitrogens with two attached hydrogens (primary N) is 1. The summed E-state index contributed by atoms with van der Waals surface area (Å²) in [6.07, 6.45) is 6.61. The first-order valence-electron chi connectivity index (χ1n) is 14.9. The molecule has 1 aromatic heterocycles. The van der Waals surface area contributed by atoms with Gasteiger partial charge in [-0.3, -0.25) is 18.9 Å². The third-order valence-corrected chi connectivity index (χ3v) is 11.3. The number of hydrogen-bond acceptors (Lipinski definition) is 8. The second-order valence-electron chi connectivity index (χ2n) is 12.1. The predicted octanol–water partition coefficient (Wildman–Crippen LogP) is 5.16. The van der Waals surface area contributed by atoms with E-state index in [1.807, 2.05) is 26.0 Å². The van der Waals surface area contributed by atoms with Gasteiger partial charge in [0, 0.05) is 41.7 Å². The van der Waals surface area contributed by atoms with Crippen molar-refractivity contribution in [3.8, 4) is 0 Å². The number of aromatic nitrogens is 1. The van der Waals surface area contributed by atoms with Crippen molar-refractivity contribution < 1.29 is 23.0 Å². The minimum Gasteiger partial charge on any atom is -0.376 e. The van der Waals surface area contributed by atoms with Crippen LogP contribution in [0.25, 0.3) is 0 Å². The Bertz CT molecular complexity index is 1230. The largest absolute Gasteiger partial charge is 0.376 e. The molecule has 6 N–H and O–H groups in total. The van der Waals surface area contributed by atoms with Crippen LogP contribution in [0.1, 0.15) is 63.0 Å². The molecule has 0 saturated carbocycles. The van der Waals surface area contributed by atoms with Crippen molar-refractivity contribution in [2.45, 2.75) is 88.6 Å². The number of anilines is 1. The average molecular weight is 624 g/mol. The van der Waals surface area contributed by atoms with Gasteiger partial charge < -0.3 is 21.1 Å². The highest BCUT2D eigenvalue weighted by Gasteiger charge is 2.39. The van der Waals surface area contributed by atoms with Crippen LogP contribution in [0.15, 0.2) is 36.7 Å². The van der Waals surface area contributed by atoms with E-state index in [1.54, 1.807) is 16.4 Å². The van der Waals surface area contributed by atoms with Crippen molar-refractivity contribution in [1.29, 1.82) is 0 Å². The van der Waals surface area contributed by atoms with Crippen molar-refractivity contribution in [3.63, 3.8) is 0 Å². The van der Waals surface area contributed by atoms with Crippen LogP contribution in [0, 0.1) is 11.7 Å². The monoisotopic (exact) mass is 623 g/mol. The van der Waals surface area contributed by atoms with Crippen LogP contribution in [-0.4, -0.2) is 73.5 Å². The van der Waals surface area contributed by atoms with E-state index in [2.05, 4.69) is 15.6 Å². The second-order valence-corrected chi connectivity index (χ2v) is 14.7. The lowest BCUT2D eigenvalue weighted by Crippen LogP contribution is -2.55. The summed E-state index contributed by atoms with van der Waals surface area (Å²) in [4.78, 5) is 17.7. The zero-order valence-electron chi connectivity index (χ0n) is 24.2. The van der Waals surface area contributed by atoms with Crippen LogP contribution in [0.2, 0.25) is 5.02 Å². The van der Waals surface area contributed by atoms with E-state index in [-0.39, 0.29) is 48.2 Å². The summed E-state index contributed by atoms with van der Waals surface area (Å²) in [6, 6.07) is 6.57. The van der Waals surface area contributed by atoms with Crippen LogP contribution in [-0.2, 0) is 16.0 Å². The molecule has 0 aliphatic carbocycles. The molecule has 9 nitrogen and oxygen atoms in total. The van der Waals surface area contributed by atoms with E-state index >= 15 is 4.39 Å². The molecule has 12 heteroatoms. The van der Waals surface area contributed by atoms with Crippen molar-refractivity contribution in [2.24, 2.45) is 11.7 Å². The number of fused-ring (bicyclic) bond motifs is 2. The number of amides is 1. The van der Waals surface area contributed by atoms with Crippen molar-refractivity contribution in [1.82, 2.24) is 14.6 Å². The number of rotatable bonds is 8. The quantitative estimate of drug-likeness (QED) is 0.272. The molecule has 3 aliphatic rings. The highest BCUT2D eigenvalue weighted by Crippen LogP contribution is 2.49. The topological polar surface area (TPSA) is 133 Å². The first kappa shape index (κ1) is 31.6. The Hall–Kier alpha value is -1.83. The van der Waals surface area contributed by atoms with Gasteiger partial charge in [-0.25, -0.2) is 8.70 Å². The number of nitrogens with one attached hydrogen (secondary N) is 2. The van der Waals surface area contributed by atoms with Gasteiger partial charge in [0.1, 0.15) is 5.82 Å². The van der Waals surface area contributed by atoms with E-state index in [4.69, 9.17) is 22.1 Å². The first-order chi connectivity index (χ1) is 20.0. The molecule has 4 heterocycles. The van der Waals surface area contributed by atoms with Gasteiger partial charge in [-0.1, -0.05) is 23.7 Å². The van der Waals surface area contributed by atoms with Gasteiger partial charge in [0.25, 0.3) is 0 Å². The summed E-state index contributed by atoms with van der Waals surface area (Å²) in [5, 5.41) is 6.99. The van der Waals surface area contributed by atoms with E-state index in [1.165, 1.54) is 6.20 Å². The van der Waals surface area contributed by atoms with Gasteiger partial charge in [-0.15, -0.1) is 10.8 Å². The Labute approximate surface area is 254 Å². The van der Waals surface area contributed by atoms with Crippen LogP contribution < -0.4 is 16.4 Å². The molecule has 232 valence electrons. The average Bonchev–Trinajstić information content (AvgIpc) is 3.05. The fraction of sp³-hybridized carbons (Fsp3) is 0.600. The lowest BCUT2D eigenvalue weighted by molar-refractivity contribution is -0.119. The predicted molar refractivity (Wildman–Crippen MR) is 165 cm³/mol. The van der Waals surface area contributed by atoms with Gasteiger partial charge in [0.2, 0.25) is 5.91 Å². The first-order valence-corrected chi connectivity index (χ1v) is 16.9. The van der Waals surface area contributed by atoms with Crippen molar-refractivity contribution in [3.05, 3.63) is 58.6 Å². The third-order valence-electron chi connectivity index (χ3n) is 8.97. The maximum Gasteiger partial charge on any atom is 0.241 e. The van der Waals surface area contributed by atoms with Gasteiger partial charge in [0.15, 0.2) is 0 Å². The Kier molecular flexibility index (Phi) is 10.1. The molecular weight excluding hydrogens is 581 g/mol. The van der Waals surface area contributed by atoms with Crippen LogP contribution in [0.5, 0.6) is 0 Å². The number of nitrogens with zero attached hydrogens (tertiary/aromatic N) is 2. The number of hydrogen-bond donors (Lipinski definition) is 5. The number of pyridine rings is 1. The fourth-order valence-electron chi connectivity index (χ4n) is 6.99. The number of piperazine rings is 1. The molecule has 42 heavy (non-hydrogen) atoms. The molecule has 0 spiro atoms. The van der Waals surface area contributed by atoms with Crippen LogP contribution >= 0.6 is 22.4 Å². The van der Waals surface area contributed by atoms with E-state index in [0.717, 1.165) is 37.4 Å². The number of carbonyl (C=O) groups excluding carboxylic acids is 1. The lowest BCUT2D eigenvalue weighted by Gasteiger charge is -2.49. The summed E-state index contributed by atoms with van der Waals surface area (Å²) in [5.74, 6) is -0.780. The Morgan fingerprint density at radius 2 is 1.98 bits per heavy atom. The SMILES string of the molecule is C[C@@H]1CC([C@H](c2ccc(Cl)cc2)[C@H](N)C(=O)Nc2cncc(F)c2CC[C@H]2CN[C@@H]3CCCS(O)(O)N2C3)C[C@H](C)O1. The second kappa shape index (κ2) is 13.4. The molecule has 2 bridgehead atoms. The van der Waals surface area contributed by atoms with Gasteiger partial charge in [0.05, 0.1) is 42.1 Å². The highest BCUT2D eigenvalue weighted by molar-refractivity contribution is 8.22. The molecule has 3 saturated heterocycles. The molecule has 3 fully saturated rings. The van der Waals surface area contributed by atoms with Gasteiger partial charge in [-0.05, 0) is 76.0 Å². The smallest absolute Gasteiger partial charge is 0.241 e. The number of carbonyl (C=O) groups is 1. The maximum atomic E-state index is 15.2. The van der Waals surface area contributed by atoms with Crippen molar-refractivity contribution in [2.75, 3.05) is 24.2 Å². The van der Waals surface area contributed by atoms with Crippen LogP contribution in [0.4, 0.5) is 10.1 Å². The number of ether oxygens (including phenoxy) is 1. The Morgan fingerprint density at radius 1 is 1.26 bits per heavy atom. The number of halogens is 2. The van der Waals surface area contributed by atoms with E-state index < -0.39 is 28.5 Å². The molecule has 2 unspecified atom stereocenters. The zero-order valence-corrected chi connectivity index (χ0v) is 25.8. The molecule has 0 radical (unpaired) electrons.